The molecule has 0 heterocycles. The fourth-order valence-electron chi connectivity index (χ4n) is 3.30. The van der Waals surface area contributed by atoms with Crippen LogP contribution in [0.4, 0.5) is 0 Å². The number of halogens is 2. The van der Waals surface area contributed by atoms with E-state index in [0.29, 0.717) is 10.0 Å². The Hall–Kier alpha value is -0.240. The molecule has 0 bridgehead atoms. The Balaban J connectivity index is 2.18. The van der Waals surface area contributed by atoms with E-state index in [1.807, 2.05) is 19.2 Å². The average molecular weight is 286 g/mol. The Kier molecular flexibility index (Phi) is 4.58. The first kappa shape index (κ1) is 14.2. The fraction of sp³-hybridized carbons (Fsp3) is 0.600. The van der Waals surface area contributed by atoms with Crippen molar-refractivity contribution in [3.63, 3.8) is 0 Å². The van der Waals surface area contributed by atoms with Crippen LogP contribution in [-0.4, -0.2) is 13.6 Å². The van der Waals surface area contributed by atoms with Crippen molar-refractivity contribution in [3.8, 4) is 0 Å². The van der Waals surface area contributed by atoms with Gasteiger partial charge in [-0.15, -0.1) is 0 Å². The summed E-state index contributed by atoms with van der Waals surface area (Å²) < 4.78 is 0. The van der Waals surface area contributed by atoms with Gasteiger partial charge in [0.1, 0.15) is 0 Å². The van der Waals surface area contributed by atoms with Crippen molar-refractivity contribution in [3.05, 3.63) is 33.8 Å². The molecule has 1 saturated carbocycles. The molecular formula is C15H21Cl2N. The van der Waals surface area contributed by atoms with Crippen LogP contribution in [0, 0.1) is 5.92 Å². The maximum Gasteiger partial charge on any atom is 0.0595 e. The predicted octanol–water partition coefficient (Wildman–Crippen LogP) is 4.66. The third kappa shape index (κ3) is 2.68. The Morgan fingerprint density at radius 1 is 1.28 bits per heavy atom. The van der Waals surface area contributed by atoms with E-state index in [-0.39, 0.29) is 5.41 Å². The summed E-state index contributed by atoms with van der Waals surface area (Å²) in [5, 5.41) is 4.64. The monoisotopic (exact) mass is 285 g/mol. The zero-order valence-electron chi connectivity index (χ0n) is 11.1. The van der Waals surface area contributed by atoms with Crippen molar-refractivity contribution in [1.82, 2.24) is 5.32 Å². The first-order chi connectivity index (χ1) is 8.61. The van der Waals surface area contributed by atoms with Crippen LogP contribution in [-0.2, 0) is 5.41 Å². The van der Waals surface area contributed by atoms with Crippen LogP contribution < -0.4 is 5.32 Å². The van der Waals surface area contributed by atoms with Gasteiger partial charge in [0.05, 0.1) is 10.0 Å². The SMILES string of the molecule is CCCC1CC(CNC)(c2ccc(Cl)c(Cl)c2)C1. The number of rotatable bonds is 5. The minimum absolute atomic E-state index is 0.267. The van der Waals surface area contributed by atoms with Gasteiger partial charge in [0, 0.05) is 12.0 Å². The fourth-order valence-corrected chi connectivity index (χ4v) is 3.60. The van der Waals surface area contributed by atoms with Gasteiger partial charge >= 0.3 is 0 Å². The summed E-state index contributed by atoms with van der Waals surface area (Å²) in [5.41, 5.74) is 1.60. The molecule has 0 amide bonds. The largest absolute Gasteiger partial charge is 0.319 e. The molecule has 0 saturated heterocycles. The first-order valence-electron chi connectivity index (χ1n) is 6.71. The highest BCUT2D eigenvalue weighted by molar-refractivity contribution is 6.42. The van der Waals surface area contributed by atoms with E-state index < -0.39 is 0 Å². The van der Waals surface area contributed by atoms with Gasteiger partial charge in [0.25, 0.3) is 0 Å². The minimum Gasteiger partial charge on any atom is -0.319 e. The van der Waals surface area contributed by atoms with Crippen LogP contribution in [0.3, 0.4) is 0 Å². The second-order valence-corrected chi connectivity index (χ2v) is 6.32. The summed E-state index contributed by atoms with van der Waals surface area (Å²) in [4.78, 5) is 0. The van der Waals surface area contributed by atoms with Gasteiger partial charge in [-0.25, -0.2) is 0 Å². The zero-order valence-corrected chi connectivity index (χ0v) is 12.6. The van der Waals surface area contributed by atoms with Gasteiger partial charge in [-0.3, -0.25) is 0 Å². The molecule has 0 unspecified atom stereocenters. The number of hydrogen-bond acceptors (Lipinski definition) is 1. The summed E-state index contributed by atoms with van der Waals surface area (Å²) in [6, 6.07) is 6.10. The first-order valence-corrected chi connectivity index (χ1v) is 7.47. The lowest BCUT2D eigenvalue weighted by Crippen LogP contribution is -2.47. The van der Waals surface area contributed by atoms with E-state index in [9.17, 15) is 0 Å². The van der Waals surface area contributed by atoms with Crippen LogP contribution in [0.25, 0.3) is 0 Å². The van der Waals surface area contributed by atoms with E-state index in [4.69, 9.17) is 23.2 Å². The highest BCUT2D eigenvalue weighted by Gasteiger charge is 2.44. The zero-order chi connectivity index (χ0) is 13.2. The molecule has 0 atom stereocenters. The molecule has 0 radical (unpaired) electrons. The summed E-state index contributed by atoms with van der Waals surface area (Å²) in [6.07, 6.45) is 5.15. The second kappa shape index (κ2) is 5.81. The summed E-state index contributed by atoms with van der Waals surface area (Å²) >= 11 is 12.1. The quantitative estimate of drug-likeness (QED) is 0.830. The van der Waals surface area contributed by atoms with Gasteiger partial charge < -0.3 is 5.32 Å². The molecule has 1 fully saturated rings. The molecule has 0 aromatic heterocycles. The molecule has 1 aliphatic carbocycles. The Bertz CT molecular complexity index is 411. The van der Waals surface area contributed by atoms with E-state index in [2.05, 4.69) is 18.3 Å². The van der Waals surface area contributed by atoms with Crippen LogP contribution in [0.1, 0.15) is 38.2 Å². The summed E-state index contributed by atoms with van der Waals surface area (Å²) in [6.45, 7) is 3.28. The molecule has 100 valence electrons. The number of hydrogen-bond donors (Lipinski definition) is 1. The molecular weight excluding hydrogens is 265 g/mol. The predicted molar refractivity (Wildman–Crippen MR) is 79.7 cm³/mol. The van der Waals surface area contributed by atoms with Gasteiger partial charge in [0.2, 0.25) is 0 Å². The highest BCUT2D eigenvalue weighted by atomic mass is 35.5. The standard InChI is InChI=1S/C15H21Cl2N/c1-3-4-11-8-15(9-11,10-18-2)12-5-6-13(16)14(17)7-12/h5-7,11,18H,3-4,8-10H2,1-2H3. The van der Waals surface area contributed by atoms with Gasteiger partial charge in [-0.1, -0.05) is 49.0 Å². The minimum atomic E-state index is 0.267. The lowest BCUT2D eigenvalue weighted by Gasteiger charge is -2.48. The van der Waals surface area contributed by atoms with Crippen LogP contribution in [0.5, 0.6) is 0 Å². The molecule has 1 N–H and O–H groups in total. The van der Waals surface area contributed by atoms with E-state index in [1.165, 1.54) is 31.2 Å². The van der Waals surface area contributed by atoms with E-state index in [0.717, 1.165) is 12.5 Å². The average Bonchev–Trinajstić information content (AvgIpc) is 2.30. The van der Waals surface area contributed by atoms with Crippen molar-refractivity contribution < 1.29 is 0 Å². The summed E-state index contributed by atoms with van der Waals surface area (Å²) in [7, 11) is 2.02. The van der Waals surface area contributed by atoms with Crippen LogP contribution in [0.15, 0.2) is 18.2 Å². The van der Waals surface area contributed by atoms with Crippen LogP contribution in [0.2, 0.25) is 10.0 Å². The molecule has 1 aromatic carbocycles. The molecule has 0 aliphatic heterocycles. The number of nitrogens with one attached hydrogen (secondary N) is 1. The normalized spacial score (nSPS) is 27.0. The Morgan fingerprint density at radius 3 is 2.56 bits per heavy atom. The molecule has 1 aromatic rings. The number of likely N-dealkylation sites (N-methyl/N-ethyl adjacent to an activating group) is 1. The van der Waals surface area contributed by atoms with E-state index in [1.54, 1.807) is 0 Å². The molecule has 0 spiro atoms. The second-order valence-electron chi connectivity index (χ2n) is 5.50. The Morgan fingerprint density at radius 2 is 2.00 bits per heavy atom. The maximum absolute atomic E-state index is 6.15. The number of benzene rings is 1. The Labute approximate surface area is 120 Å². The summed E-state index contributed by atoms with van der Waals surface area (Å²) in [5.74, 6) is 0.873. The lowest BCUT2D eigenvalue weighted by molar-refractivity contribution is 0.131. The van der Waals surface area contributed by atoms with Crippen LogP contribution >= 0.6 is 23.2 Å². The lowest BCUT2D eigenvalue weighted by atomic mass is 9.57. The topological polar surface area (TPSA) is 12.0 Å². The molecule has 18 heavy (non-hydrogen) atoms. The smallest absolute Gasteiger partial charge is 0.0595 e. The van der Waals surface area contributed by atoms with Crippen molar-refractivity contribution >= 4 is 23.2 Å². The van der Waals surface area contributed by atoms with Crippen molar-refractivity contribution in [1.29, 1.82) is 0 Å². The maximum atomic E-state index is 6.15. The highest BCUT2D eigenvalue weighted by Crippen LogP contribution is 2.49. The van der Waals surface area contributed by atoms with Gasteiger partial charge in [0.15, 0.2) is 0 Å². The van der Waals surface area contributed by atoms with Crippen molar-refractivity contribution in [2.75, 3.05) is 13.6 Å². The molecule has 2 rings (SSSR count). The molecule has 1 aliphatic rings. The van der Waals surface area contributed by atoms with E-state index >= 15 is 0 Å². The molecule has 3 heteroatoms. The van der Waals surface area contributed by atoms with Gasteiger partial charge in [-0.05, 0) is 43.5 Å². The van der Waals surface area contributed by atoms with Crippen molar-refractivity contribution in [2.45, 2.75) is 38.0 Å². The van der Waals surface area contributed by atoms with Gasteiger partial charge in [-0.2, -0.15) is 0 Å². The third-order valence-corrected chi connectivity index (χ3v) is 4.84. The molecule has 1 nitrogen and oxygen atoms in total. The van der Waals surface area contributed by atoms with Crippen molar-refractivity contribution in [2.24, 2.45) is 5.92 Å². The third-order valence-electron chi connectivity index (χ3n) is 4.10.